The maximum atomic E-state index is 12.2. The summed E-state index contributed by atoms with van der Waals surface area (Å²) in [6, 6.07) is 12.4. The van der Waals surface area contributed by atoms with Crippen molar-refractivity contribution in [3.63, 3.8) is 0 Å². The van der Waals surface area contributed by atoms with Crippen LogP contribution in [0.25, 0.3) is 6.08 Å². The maximum absolute atomic E-state index is 12.2. The van der Waals surface area contributed by atoms with Crippen molar-refractivity contribution >= 4 is 29.5 Å². The topological polar surface area (TPSA) is 57.1 Å². The van der Waals surface area contributed by atoms with E-state index >= 15 is 0 Å². The third-order valence-corrected chi connectivity index (χ3v) is 4.02. The van der Waals surface area contributed by atoms with Crippen LogP contribution in [0.3, 0.4) is 0 Å². The predicted octanol–water partition coefficient (Wildman–Crippen LogP) is 4.65. The summed E-state index contributed by atoms with van der Waals surface area (Å²) in [4.78, 5) is 16.5. The fraction of sp³-hybridized carbons (Fsp3) is 0.143. The smallest absolute Gasteiger partial charge is 0.363 e. The summed E-state index contributed by atoms with van der Waals surface area (Å²) in [7, 11) is 1.57. The van der Waals surface area contributed by atoms with Gasteiger partial charge in [0.05, 0.1) is 17.7 Å². The SMILES string of the molecule is C=C(C)COc1cc(C=C2N=C(c3ccccc3Cl)OC2=O)ccc1OC. The van der Waals surface area contributed by atoms with Crippen molar-refractivity contribution in [1.29, 1.82) is 0 Å². The van der Waals surface area contributed by atoms with Crippen molar-refractivity contribution in [3.8, 4) is 11.5 Å². The maximum Gasteiger partial charge on any atom is 0.363 e. The zero-order valence-electron chi connectivity index (χ0n) is 15.0. The Labute approximate surface area is 162 Å². The summed E-state index contributed by atoms with van der Waals surface area (Å²) in [6.45, 7) is 6.06. The van der Waals surface area contributed by atoms with Crippen LogP contribution in [0.4, 0.5) is 0 Å². The molecule has 0 bridgehead atoms. The zero-order valence-corrected chi connectivity index (χ0v) is 15.7. The number of cyclic esters (lactones) is 1. The number of nitrogens with zero attached hydrogens (tertiary/aromatic N) is 1. The van der Waals surface area contributed by atoms with Crippen LogP contribution >= 0.6 is 11.6 Å². The first-order valence-corrected chi connectivity index (χ1v) is 8.58. The van der Waals surface area contributed by atoms with Crippen molar-refractivity contribution in [2.24, 2.45) is 4.99 Å². The highest BCUT2D eigenvalue weighted by atomic mass is 35.5. The number of aliphatic imine (C=N–C) groups is 1. The van der Waals surface area contributed by atoms with E-state index in [0.29, 0.717) is 28.7 Å². The van der Waals surface area contributed by atoms with Crippen LogP contribution in [0.1, 0.15) is 18.1 Å². The number of hydrogen-bond donors (Lipinski definition) is 0. The molecule has 27 heavy (non-hydrogen) atoms. The van der Waals surface area contributed by atoms with Gasteiger partial charge in [0.25, 0.3) is 0 Å². The van der Waals surface area contributed by atoms with Gasteiger partial charge in [-0.05, 0) is 48.4 Å². The number of carbonyl (C=O) groups is 1. The molecular weight excluding hydrogens is 366 g/mol. The Hall–Kier alpha value is -3.05. The first kappa shape index (κ1) is 18.7. The molecule has 138 valence electrons. The van der Waals surface area contributed by atoms with E-state index in [1.54, 1.807) is 55.7 Å². The number of hydrogen-bond acceptors (Lipinski definition) is 5. The van der Waals surface area contributed by atoms with Crippen LogP contribution in [-0.2, 0) is 9.53 Å². The third-order valence-electron chi connectivity index (χ3n) is 3.69. The second-order valence-electron chi connectivity index (χ2n) is 5.97. The van der Waals surface area contributed by atoms with Gasteiger partial charge < -0.3 is 14.2 Å². The van der Waals surface area contributed by atoms with Gasteiger partial charge in [-0.15, -0.1) is 0 Å². The van der Waals surface area contributed by atoms with Crippen molar-refractivity contribution < 1.29 is 19.0 Å². The fourth-order valence-corrected chi connectivity index (χ4v) is 2.63. The average molecular weight is 384 g/mol. The molecule has 0 fully saturated rings. The van der Waals surface area contributed by atoms with Gasteiger partial charge in [0.2, 0.25) is 5.90 Å². The van der Waals surface area contributed by atoms with Crippen molar-refractivity contribution in [2.45, 2.75) is 6.92 Å². The average Bonchev–Trinajstić information content (AvgIpc) is 3.00. The van der Waals surface area contributed by atoms with E-state index in [-0.39, 0.29) is 11.6 Å². The largest absolute Gasteiger partial charge is 0.493 e. The van der Waals surface area contributed by atoms with Gasteiger partial charge in [-0.3, -0.25) is 0 Å². The summed E-state index contributed by atoms with van der Waals surface area (Å²) in [5.41, 5.74) is 2.36. The minimum atomic E-state index is -0.537. The van der Waals surface area contributed by atoms with E-state index < -0.39 is 5.97 Å². The van der Waals surface area contributed by atoms with Crippen LogP contribution in [0, 0.1) is 0 Å². The molecule has 0 aliphatic carbocycles. The number of methoxy groups -OCH3 is 1. The lowest BCUT2D eigenvalue weighted by atomic mass is 10.1. The molecule has 0 spiro atoms. The first-order chi connectivity index (χ1) is 13.0. The van der Waals surface area contributed by atoms with Gasteiger partial charge in [0.1, 0.15) is 6.61 Å². The predicted molar refractivity (Wildman–Crippen MR) is 105 cm³/mol. The summed E-state index contributed by atoms with van der Waals surface area (Å²) in [6.07, 6.45) is 1.62. The molecule has 3 rings (SSSR count). The Bertz CT molecular complexity index is 962. The van der Waals surface area contributed by atoms with Crippen LogP contribution in [0.5, 0.6) is 11.5 Å². The summed E-state index contributed by atoms with van der Waals surface area (Å²) in [5.74, 6) is 0.790. The molecule has 0 saturated carbocycles. The van der Waals surface area contributed by atoms with Crippen molar-refractivity contribution in [2.75, 3.05) is 13.7 Å². The second kappa shape index (κ2) is 8.10. The van der Waals surface area contributed by atoms with Gasteiger partial charge in [0, 0.05) is 0 Å². The molecular formula is C21H18ClNO4. The Balaban J connectivity index is 1.91. The summed E-state index contributed by atoms with van der Waals surface area (Å²) in [5, 5.41) is 0.463. The fourth-order valence-electron chi connectivity index (χ4n) is 2.41. The normalized spacial score (nSPS) is 14.7. The van der Waals surface area contributed by atoms with E-state index in [1.807, 2.05) is 6.92 Å². The molecule has 0 aromatic heterocycles. The minimum absolute atomic E-state index is 0.181. The van der Waals surface area contributed by atoms with Crippen molar-refractivity contribution in [3.05, 3.63) is 76.5 Å². The summed E-state index contributed by atoms with van der Waals surface area (Å²) >= 11 is 6.15. The lowest BCUT2D eigenvalue weighted by molar-refractivity contribution is -0.129. The Kier molecular flexibility index (Phi) is 5.62. The Morgan fingerprint density at radius 2 is 2.04 bits per heavy atom. The van der Waals surface area contributed by atoms with E-state index in [9.17, 15) is 4.79 Å². The Morgan fingerprint density at radius 1 is 1.26 bits per heavy atom. The Morgan fingerprint density at radius 3 is 2.74 bits per heavy atom. The number of halogens is 1. The molecule has 2 aromatic carbocycles. The molecule has 0 N–H and O–H groups in total. The van der Waals surface area contributed by atoms with E-state index in [4.69, 9.17) is 25.8 Å². The van der Waals surface area contributed by atoms with Gasteiger partial charge in [0.15, 0.2) is 17.2 Å². The highest BCUT2D eigenvalue weighted by molar-refractivity contribution is 6.34. The molecule has 1 heterocycles. The summed E-state index contributed by atoms with van der Waals surface area (Å²) < 4.78 is 16.3. The van der Waals surface area contributed by atoms with E-state index in [0.717, 1.165) is 11.1 Å². The number of benzene rings is 2. The molecule has 0 amide bonds. The highest BCUT2D eigenvalue weighted by Crippen LogP contribution is 2.30. The van der Waals surface area contributed by atoms with E-state index in [1.165, 1.54) is 0 Å². The van der Waals surface area contributed by atoms with Gasteiger partial charge in [-0.1, -0.05) is 36.4 Å². The lowest BCUT2D eigenvalue weighted by Gasteiger charge is -2.11. The molecule has 0 atom stereocenters. The number of rotatable bonds is 6. The molecule has 2 aromatic rings. The van der Waals surface area contributed by atoms with E-state index in [2.05, 4.69) is 11.6 Å². The van der Waals surface area contributed by atoms with Crippen LogP contribution in [0.15, 0.2) is 65.3 Å². The standard InChI is InChI=1S/C21H18ClNO4/c1-13(2)12-26-19-11-14(8-9-18(19)25-3)10-17-21(24)27-20(23-17)15-6-4-5-7-16(15)22/h4-11H,1,12H2,2-3H3. The molecule has 6 heteroatoms. The van der Waals surface area contributed by atoms with Crippen LogP contribution in [0.2, 0.25) is 5.02 Å². The monoisotopic (exact) mass is 383 g/mol. The number of ether oxygens (including phenoxy) is 3. The van der Waals surface area contributed by atoms with Crippen molar-refractivity contribution in [1.82, 2.24) is 0 Å². The molecule has 0 radical (unpaired) electrons. The van der Waals surface area contributed by atoms with Gasteiger partial charge >= 0.3 is 5.97 Å². The molecule has 0 saturated heterocycles. The second-order valence-corrected chi connectivity index (χ2v) is 6.38. The first-order valence-electron chi connectivity index (χ1n) is 8.20. The van der Waals surface area contributed by atoms with Crippen LogP contribution < -0.4 is 9.47 Å². The molecule has 5 nitrogen and oxygen atoms in total. The molecule has 1 aliphatic heterocycles. The minimum Gasteiger partial charge on any atom is -0.493 e. The molecule has 1 aliphatic rings. The van der Waals surface area contributed by atoms with Gasteiger partial charge in [-0.2, -0.15) is 0 Å². The van der Waals surface area contributed by atoms with Gasteiger partial charge in [-0.25, -0.2) is 9.79 Å². The third kappa shape index (κ3) is 4.38. The number of esters is 1. The lowest BCUT2D eigenvalue weighted by Crippen LogP contribution is -2.05. The zero-order chi connectivity index (χ0) is 19.4. The van der Waals surface area contributed by atoms with Crippen LogP contribution in [-0.4, -0.2) is 25.6 Å². The number of carbonyl (C=O) groups excluding carboxylic acids is 1. The highest BCUT2D eigenvalue weighted by Gasteiger charge is 2.25. The molecule has 0 unspecified atom stereocenters. The quantitative estimate of drug-likeness (QED) is 0.414.